The summed E-state index contributed by atoms with van der Waals surface area (Å²) in [5, 5.41) is 0. The first kappa shape index (κ1) is 15.5. The van der Waals surface area contributed by atoms with Gasteiger partial charge < -0.3 is 9.80 Å². The fourth-order valence-electron chi connectivity index (χ4n) is 4.50. The Bertz CT molecular complexity index is 343. The Balaban J connectivity index is 1.39. The SMILES string of the molecule is CC1CCC(=O)C(CN2CCC(CN3CCCC3)CC2)C1. The second-order valence-electron chi connectivity index (χ2n) is 7.79. The summed E-state index contributed by atoms with van der Waals surface area (Å²) in [6.45, 7) is 9.77. The van der Waals surface area contributed by atoms with E-state index in [1.54, 1.807) is 0 Å². The van der Waals surface area contributed by atoms with Gasteiger partial charge in [0.15, 0.2) is 0 Å². The molecule has 3 fully saturated rings. The van der Waals surface area contributed by atoms with Crippen LogP contribution in [0.15, 0.2) is 0 Å². The number of carbonyl (C=O) groups excluding carboxylic acids is 1. The summed E-state index contributed by atoms with van der Waals surface area (Å²) in [6, 6.07) is 0. The van der Waals surface area contributed by atoms with E-state index in [1.165, 1.54) is 58.4 Å². The van der Waals surface area contributed by atoms with Gasteiger partial charge in [0, 0.05) is 25.4 Å². The topological polar surface area (TPSA) is 23.6 Å². The first-order valence-electron chi connectivity index (χ1n) is 9.18. The van der Waals surface area contributed by atoms with Crippen LogP contribution in [0.4, 0.5) is 0 Å². The van der Waals surface area contributed by atoms with Gasteiger partial charge in [0.2, 0.25) is 0 Å². The molecule has 3 nitrogen and oxygen atoms in total. The molecule has 0 amide bonds. The summed E-state index contributed by atoms with van der Waals surface area (Å²) < 4.78 is 0. The molecular formula is C18H32N2O. The molecule has 0 spiro atoms. The zero-order valence-electron chi connectivity index (χ0n) is 13.7. The van der Waals surface area contributed by atoms with Crippen molar-refractivity contribution in [3.63, 3.8) is 0 Å². The Hall–Kier alpha value is -0.410. The summed E-state index contributed by atoms with van der Waals surface area (Å²) >= 11 is 0. The van der Waals surface area contributed by atoms with Crippen LogP contribution in [0.2, 0.25) is 0 Å². The highest BCUT2D eigenvalue weighted by atomic mass is 16.1. The lowest BCUT2D eigenvalue weighted by molar-refractivity contribution is -0.126. The predicted octanol–water partition coefficient (Wildman–Crippen LogP) is 2.80. The smallest absolute Gasteiger partial charge is 0.137 e. The fraction of sp³-hybridized carbons (Fsp3) is 0.944. The molecule has 2 unspecified atom stereocenters. The van der Waals surface area contributed by atoms with E-state index in [1.807, 2.05) is 0 Å². The second kappa shape index (κ2) is 7.23. The van der Waals surface area contributed by atoms with Gasteiger partial charge in [0.25, 0.3) is 0 Å². The van der Waals surface area contributed by atoms with Crippen molar-refractivity contribution in [3.8, 4) is 0 Å². The van der Waals surface area contributed by atoms with Gasteiger partial charge in [0.1, 0.15) is 5.78 Å². The lowest BCUT2D eigenvalue weighted by Crippen LogP contribution is -2.42. The average molecular weight is 292 g/mol. The molecule has 1 saturated carbocycles. The molecule has 0 N–H and O–H groups in total. The van der Waals surface area contributed by atoms with Gasteiger partial charge in [-0.25, -0.2) is 0 Å². The molecule has 3 heteroatoms. The Morgan fingerprint density at radius 2 is 1.62 bits per heavy atom. The molecule has 0 aromatic rings. The van der Waals surface area contributed by atoms with Crippen molar-refractivity contribution in [1.29, 1.82) is 0 Å². The van der Waals surface area contributed by atoms with Crippen molar-refractivity contribution in [2.24, 2.45) is 17.8 Å². The van der Waals surface area contributed by atoms with E-state index in [2.05, 4.69) is 16.7 Å². The normalized spacial score (nSPS) is 33.7. The number of rotatable bonds is 4. The zero-order chi connectivity index (χ0) is 14.7. The number of ketones is 1. The molecule has 2 aliphatic heterocycles. The van der Waals surface area contributed by atoms with Gasteiger partial charge in [-0.3, -0.25) is 4.79 Å². The van der Waals surface area contributed by atoms with Crippen molar-refractivity contribution in [2.45, 2.75) is 51.9 Å². The molecule has 2 heterocycles. The first-order valence-corrected chi connectivity index (χ1v) is 9.18. The third kappa shape index (κ3) is 4.29. The van der Waals surface area contributed by atoms with Crippen molar-refractivity contribution < 1.29 is 4.79 Å². The summed E-state index contributed by atoms with van der Waals surface area (Å²) in [6.07, 6.45) is 8.57. The van der Waals surface area contributed by atoms with E-state index in [4.69, 9.17) is 0 Å². The van der Waals surface area contributed by atoms with Crippen LogP contribution in [0.5, 0.6) is 0 Å². The van der Waals surface area contributed by atoms with Crippen LogP contribution in [0, 0.1) is 17.8 Å². The maximum absolute atomic E-state index is 12.1. The van der Waals surface area contributed by atoms with Crippen LogP contribution in [0.1, 0.15) is 51.9 Å². The highest BCUT2D eigenvalue weighted by Crippen LogP contribution is 2.28. The largest absolute Gasteiger partial charge is 0.303 e. The third-order valence-electron chi connectivity index (χ3n) is 5.93. The molecular weight excluding hydrogens is 260 g/mol. The Labute approximate surface area is 130 Å². The standard InChI is InChI=1S/C18H32N2O/c1-15-4-5-18(21)17(12-15)14-20-10-6-16(7-11-20)13-19-8-2-3-9-19/h15-17H,2-14H2,1H3. The first-order chi connectivity index (χ1) is 10.2. The van der Waals surface area contributed by atoms with Crippen LogP contribution in [0.25, 0.3) is 0 Å². The number of carbonyl (C=O) groups is 1. The highest BCUT2D eigenvalue weighted by Gasteiger charge is 2.30. The predicted molar refractivity (Wildman–Crippen MR) is 86.4 cm³/mol. The van der Waals surface area contributed by atoms with Gasteiger partial charge in [-0.05, 0) is 76.5 Å². The van der Waals surface area contributed by atoms with E-state index in [0.29, 0.717) is 11.7 Å². The molecule has 0 aromatic carbocycles. The molecule has 1 aliphatic carbocycles. The number of hydrogen-bond acceptors (Lipinski definition) is 3. The summed E-state index contributed by atoms with van der Waals surface area (Å²) in [5.41, 5.74) is 0. The minimum atomic E-state index is 0.337. The van der Waals surface area contributed by atoms with Crippen molar-refractivity contribution >= 4 is 5.78 Å². The van der Waals surface area contributed by atoms with E-state index in [-0.39, 0.29) is 0 Å². The Kier molecular flexibility index (Phi) is 5.33. The van der Waals surface area contributed by atoms with Crippen molar-refractivity contribution in [2.75, 3.05) is 39.3 Å². The number of likely N-dealkylation sites (tertiary alicyclic amines) is 2. The van der Waals surface area contributed by atoms with Crippen molar-refractivity contribution in [1.82, 2.24) is 9.80 Å². The molecule has 0 radical (unpaired) electrons. The summed E-state index contributed by atoms with van der Waals surface area (Å²) in [7, 11) is 0. The van der Waals surface area contributed by atoms with Crippen molar-refractivity contribution in [3.05, 3.63) is 0 Å². The Morgan fingerprint density at radius 1 is 0.952 bits per heavy atom. The molecule has 3 aliphatic rings. The van der Waals surface area contributed by atoms with Gasteiger partial charge >= 0.3 is 0 Å². The van der Waals surface area contributed by atoms with E-state index in [0.717, 1.165) is 37.6 Å². The number of Topliss-reactive ketones (excluding diaryl/α,β-unsaturated/α-hetero) is 1. The molecule has 0 aromatic heterocycles. The van der Waals surface area contributed by atoms with Crippen LogP contribution in [-0.4, -0.2) is 54.9 Å². The van der Waals surface area contributed by atoms with Gasteiger partial charge in [-0.15, -0.1) is 0 Å². The highest BCUT2D eigenvalue weighted by molar-refractivity contribution is 5.81. The third-order valence-corrected chi connectivity index (χ3v) is 5.93. The van der Waals surface area contributed by atoms with Crippen LogP contribution >= 0.6 is 0 Å². The quantitative estimate of drug-likeness (QED) is 0.796. The fourth-order valence-corrected chi connectivity index (χ4v) is 4.50. The summed E-state index contributed by atoms with van der Waals surface area (Å²) in [5.74, 6) is 2.52. The number of piperidine rings is 1. The maximum Gasteiger partial charge on any atom is 0.137 e. The number of nitrogens with zero attached hydrogens (tertiary/aromatic N) is 2. The Morgan fingerprint density at radius 3 is 2.33 bits per heavy atom. The molecule has 3 rings (SSSR count). The number of hydrogen-bond donors (Lipinski definition) is 0. The monoisotopic (exact) mass is 292 g/mol. The molecule has 2 atom stereocenters. The van der Waals surface area contributed by atoms with Gasteiger partial charge in [-0.1, -0.05) is 6.92 Å². The summed E-state index contributed by atoms with van der Waals surface area (Å²) in [4.78, 5) is 17.3. The van der Waals surface area contributed by atoms with Gasteiger partial charge in [-0.2, -0.15) is 0 Å². The molecule has 21 heavy (non-hydrogen) atoms. The minimum Gasteiger partial charge on any atom is -0.303 e. The minimum absolute atomic E-state index is 0.337. The van der Waals surface area contributed by atoms with Crippen LogP contribution in [-0.2, 0) is 4.79 Å². The molecule has 120 valence electrons. The maximum atomic E-state index is 12.1. The van der Waals surface area contributed by atoms with E-state index in [9.17, 15) is 4.79 Å². The van der Waals surface area contributed by atoms with E-state index < -0.39 is 0 Å². The lowest BCUT2D eigenvalue weighted by atomic mass is 9.81. The van der Waals surface area contributed by atoms with E-state index >= 15 is 0 Å². The van der Waals surface area contributed by atoms with Gasteiger partial charge in [0.05, 0.1) is 0 Å². The molecule has 0 bridgehead atoms. The lowest BCUT2D eigenvalue weighted by Gasteiger charge is -2.36. The van der Waals surface area contributed by atoms with Crippen LogP contribution < -0.4 is 0 Å². The molecule has 2 saturated heterocycles. The average Bonchev–Trinajstić information content (AvgIpc) is 2.98. The second-order valence-corrected chi connectivity index (χ2v) is 7.79. The zero-order valence-corrected chi connectivity index (χ0v) is 13.7. The van der Waals surface area contributed by atoms with Crippen LogP contribution in [0.3, 0.4) is 0 Å².